The van der Waals surface area contributed by atoms with Crippen LogP contribution in [0, 0.1) is 0 Å². The molecule has 0 unspecified atom stereocenters. The molecule has 5 nitrogen and oxygen atoms in total. The second-order valence-corrected chi connectivity index (χ2v) is 6.77. The molecule has 0 N–H and O–H groups in total. The van der Waals surface area contributed by atoms with E-state index < -0.39 is 0 Å². The summed E-state index contributed by atoms with van der Waals surface area (Å²) in [7, 11) is 0. The number of rotatable bonds is 3. The molecular weight excluding hydrogens is 360 g/mol. The van der Waals surface area contributed by atoms with Gasteiger partial charge in [-0.3, -0.25) is 14.5 Å². The van der Waals surface area contributed by atoms with E-state index in [1.54, 1.807) is 18.2 Å². The van der Waals surface area contributed by atoms with Gasteiger partial charge in [-0.1, -0.05) is 29.8 Å². The van der Waals surface area contributed by atoms with Crippen molar-refractivity contribution in [3.63, 3.8) is 0 Å². The third-order valence-electron chi connectivity index (χ3n) is 3.77. The number of thioether (sulfide) groups is 1. The number of hydrogen-bond donors (Lipinski definition) is 0. The zero-order valence-corrected chi connectivity index (χ0v) is 14.4. The number of aromatic nitrogens is 1. The third kappa shape index (κ3) is 3.06. The first kappa shape index (κ1) is 15.9. The molecule has 0 radical (unpaired) electrons. The average molecular weight is 371 g/mol. The SMILES string of the molecule is O=C1S/C(=C\c2ccco2)C(=O)N1Cc1cc2ccccc2nc1Cl. The van der Waals surface area contributed by atoms with Crippen molar-refractivity contribution in [1.82, 2.24) is 9.88 Å². The smallest absolute Gasteiger partial charge is 0.293 e. The van der Waals surface area contributed by atoms with Crippen molar-refractivity contribution in [1.29, 1.82) is 0 Å². The highest BCUT2D eigenvalue weighted by Gasteiger charge is 2.35. The number of carbonyl (C=O) groups excluding carboxylic acids is 2. The summed E-state index contributed by atoms with van der Waals surface area (Å²) in [5.74, 6) is 0.159. The van der Waals surface area contributed by atoms with Crippen LogP contribution in [0.3, 0.4) is 0 Å². The zero-order valence-electron chi connectivity index (χ0n) is 12.8. The van der Waals surface area contributed by atoms with Crippen molar-refractivity contribution in [3.8, 4) is 0 Å². The predicted octanol–water partition coefficient (Wildman–Crippen LogP) is 4.72. The minimum absolute atomic E-state index is 0.0802. The molecule has 0 spiro atoms. The summed E-state index contributed by atoms with van der Waals surface area (Å²) in [6.07, 6.45) is 3.07. The maximum atomic E-state index is 12.5. The second kappa shape index (κ2) is 6.38. The molecule has 3 aromatic rings. The monoisotopic (exact) mass is 370 g/mol. The Balaban J connectivity index is 1.63. The van der Waals surface area contributed by atoms with Crippen LogP contribution in [0.4, 0.5) is 4.79 Å². The number of pyridine rings is 1. The van der Waals surface area contributed by atoms with Crippen LogP contribution in [-0.2, 0) is 11.3 Å². The van der Waals surface area contributed by atoms with Crippen molar-refractivity contribution in [2.75, 3.05) is 0 Å². The minimum Gasteiger partial charge on any atom is -0.465 e. The van der Waals surface area contributed by atoms with Crippen molar-refractivity contribution in [2.45, 2.75) is 6.54 Å². The van der Waals surface area contributed by atoms with Crippen LogP contribution < -0.4 is 0 Å². The van der Waals surface area contributed by atoms with Gasteiger partial charge >= 0.3 is 0 Å². The fourth-order valence-corrected chi connectivity index (χ4v) is 3.58. The summed E-state index contributed by atoms with van der Waals surface area (Å²) in [4.78, 5) is 30.6. The largest absolute Gasteiger partial charge is 0.465 e. The van der Waals surface area contributed by atoms with Gasteiger partial charge in [0.25, 0.3) is 11.1 Å². The number of carbonyl (C=O) groups is 2. The van der Waals surface area contributed by atoms with Gasteiger partial charge < -0.3 is 4.42 Å². The normalized spacial score (nSPS) is 16.4. The van der Waals surface area contributed by atoms with E-state index in [1.807, 2.05) is 30.3 Å². The van der Waals surface area contributed by atoms with Crippen molar-refractivity contribution < 1.29 is 14.0 Å². The predicted molar refractivity (Wildman–Crippen MR) is 97.0 cm³/mol. The second-order valence-electron chi connectivity index (χ2n) is 5.41. The molecule has 0 saturated carbocycles. The van der Waals surface area contributed by atoms with E-state index >= 15 is 0 Å². The minimum atomic E-state index is -0.365. The van der Waals surface area contributed by atoms with Gasteiger partial charge in [0.2, 0.25) is 0 Å². The quantitative estimate of drug-likeness (QED) is 0.493. The molecule has 3 heterocycles. The molecule has 1 saturated heterocycles. The number of amides is 2. The Hall–Kier alpha value is -2.57. The number of para-hydroxylation sites is 1. The summed E-state index contributed by atoms with van der Waals surface area (Å²) < 4.78 is 5.20. The fraction of sp³-hybridized carbons (Fsp3) is 0.0556. The summed E-state index contributed by atoms with van der Waals surface area (Å²) in [6, 6.07) is 12.8. The molecule has 2 aromatic heterocycles. The number of furan rings is 1. The molecule has 2 amide bonds. The van der Waals surface area contributed by atoms with Crippen LogP contribution in [0.25, 0.3) is 17.0 Å². The molecule has 124 valence electrons. The molecular formula is C18H11ClN2O3S. The molecule has 1 fully saturated rings. The highest BCUT2D eigenvalue weighted by Crippen LogP contribution is 2.34. The number of fused-ring (bicyclic) bond motifs is 1. The van der Waals surface area contributed by atoms with Crippen LogP contribution in [0.5, 0.6) is 0 Å². The van der Waals surface area contributed by atoms with Crippen LogP contribution in [0.1, 0.15) is 11.3 Å². The van der Waals surface area contributed by atoms with Gasteiger partial charge in [0.15, 0.2) is 0 Å². The van der Waals surface area contributed by atoms with Crippen LogP contribution >= 0.6 is 23.4 Å². The van der Waals surface area contributed by atoms with Gasteiger partial charge in [-0.2, -0.15) is 0 Å². The lowest BCUT2D eigenvalue weighted by Gasteiger charge is -2.14. The molecule has 1 aromatic carbocycles. The lowest BCUT2D eigenvalue weighted by atomic mass is 10.1. The van der Waals surface area contributed by atoms with Gasteiger partial charge in [-0.25, -0.2) is 4.98 Å². The molecule has 7 heteroatoms. The topological polar surface area (TPSA) is 63.4 Å². The van der Waals surface area contributed by atoms with E-state index in [-0.39, 0.29) is 22.8 Å². The molecule has 0 atom stereocenters. The summed E-state index contributed by atoms with van der Waals surface area (Å²) >= 11 is 7.12. The Kier molecular flexibility index (Phi) is 4.07. The zero-order chi connectivity index (χ0) is 17.4. The number of nitrogens with zero attached hydrogens (tertiary/aromatic N) is 2. The Morgan fingerprint density at radius 3 is 2.84 bits per heavy atom. The lowest BCUT2D eigenvalue weighted by Crippen LogP contribution is -2.27. The maximum Gasteiger partial charge on any atom is 0.293 e. The van der Waals surface area contributed by atoms with E-state index in [9.17, 15) is 9.59 Å². The molecule has 25 heavy (non-hydrogen) atoms. The van der Waals surface area contributed by atoms with Gasteiger partial charge in [0, 0.05) is 17.0 Å². The maximum absolute atomic E-state index is 12.5. The number of hydrogen-bond acceptors (Lipinski definition) is 5. The van der Waals surface area contributed by atoms with Crippen molar-refractivity contribution in [3.05, 3.63) is 70.1 Å². The van der Waals surface area contributed by atoms with Gasteiger partial charge in [0.1, 0.15) is 10.9 Å². The number of halogens is 1. The number of benzene rings is 1. The summed E-state index contributed by atoms with van der Waals surface area (Å²) in [6.45, 7) is 0.0802. The third-order valence-corrected chi connectivity index (χ3v) is 5.00. The van der Waals surface area contributed by atoms with Crippen LogP contribution in [-0.4, -0.2) is 21.0 Å². The molecule has 1 aliphatic rings. The highest BCUT2D eigenvalue weighted by molar-refractivity contribution is 8.18. The van der Waals surface area contributed by atoms with E-state index in [0.717, 1.165) is 27.6 Å². The average Bonchev–Trinajstić information content (AvgIpc) is 3.19. The van der Waals surface area contributed by atoms with E-state index in [4.69, 9.17) is 16.0 Å². The van der Waals surface area contributed by atoms with E-state index in [2.05, 4.69) is 4.98 Å². The lowest BCUT2D eigenvalue weighted by molar-refractivity contribution is -0.123. The first-order valence-electron chi connectivity index (χ1n) is 7.45. The molecule has 1 aliphatic heterocycles. The standard InChI is InChI=1S/C18H11ClN2O3S/c19-16-12(8-11-4-1-2-6-14(11)20-16)10-21-17(22)15(25-18(21)23)9-13-5-3-7-24-13/h1-9H,10H2/b15-9-. The van der Waals surface area contributed by atoms with Gasteiger partial charge in [-0.05, 0) is 36.0 Å². The Morgan fingerprint density at radius 2 is 2.04 bits per heavy atom. The Morgan fingerprint density at radius 1 is 1.20 bits per heavy atom. The van der Waals surface area contributed by atoms with Gasteiger partial charge in [-0.15, -0.1) is 0 Å². The first-order chi connectivity index (χ1) is 12.1. The molecule has 4 rings (SSSR count). The van der Waals surface area contributed by atoms with Crippen LogP contribution in [0.15, 0.2) is 58.1 Å². The summed E-state index contributed by atoms with van der Waals surface area (Å²) in [5.41, 5.74) is 1.39. The summed E-state index contributed by atoms with van der Waals surface area (Å²) in [5, 5.41) is 0.847. The van der Waals surface area contributed by atoms with E-state index in [1.165, 1.54) is 6.26 Å². The number of imide groups is 1. The van der Waals surface area contributed by atoms with Crippen molar-refractivity contribution in [2.24, 2.45) is 0 Å². The first-order valence-corrected chi connectivity index (χ1v) is 8.64. The molecule has 0 bridgehead atoms. The van der Waals surface area contributed by atoms with Crippen molar-refractivity contribution >= 4 is 51.5 Å². The van der Waals surface area contributed by atoms with Gasteiger partial charge in [0.05, 0.1) is 23.2 Å². The Labute approximate surface area is 152 Å². The van der Waals surface area contributed by atoms with Crippen LogP contribution in [0.2, 0.25) is 5.15 Å². The highest BCUT2D eigenvalue weighted by atomic mass is 35.5. The van der Waals surface area contributed by atoms with E-state index in [0.29, 0.717) is 16.2 Å². The fourth-order valence-electron chi connectivity index (χ4n) is 2.56. The molecule has 0 aliphatic carbocycles. The Bertz CT molecular complexity index is 1010.